The Morgan fingerprint density at radius 2 is 2.00 bits per heavy atom. The minimum atomic E-state index is 0.393. The molecular formula is C20H23N7S. The highest BCUT2D eigenvalue weighted by molar-refractivity contribution is 7.78. The summed E-state index contributed by atoms with van der Waals surface area (Å²) in [5, 5.41) is 6.09. The molecule has 0 aliphatic carbocycles. The Balaban J connectivity index is 1.48. The number of thiocarbonyl (C=S) groups is 1. The van der Waals surface area contributed by atoms with Gasteiger partial charge in [0.15, 0.2) is 5.65 Å². The Morgan fingerprint density at radius 1 is 1.14 bits per heavy atom. The van der Waals surface area contributed by atoms with Gasteiger partial charge in [0.1, 0.15) is 5.52 Å². The van der Waals surface area contributed by atoms with Crippen LogP contribution in [0.2, 0.25) is 0 Å². The number of likely N-dealkylation sites (tertiary alicyclic amines) is 1. The summed E-state index contributed by atoms with van der Waals surface area (Å²) in [7, 11) is 0. The molecule has 1 aliphatic rings. The highest BCUT2D eigenvalue weighted by Crippen LogP contribution is 2.22. The number of piperidine rings is 1. The van der Waals surface area contributed by atoms with E-state index in [-0.39, 0.29) is 0 Å². The first-order valence-corrected chi connectivity index (χ1v) is 9.98. The summed E-state index contributed by atoms with van der Waals surface area (Å²) in [4.78, 5) is 20.2. The van der Waals surface area contributed by atoms with Crippen LogP contribution in [0, 0.1) is 0 Å². The number of hydrogen-bond acceptors (Lipinski definition) is 7. The number of nitrogens with one attached hydrogen (secondary N) is 1. The number of imidazole rings is 1. The van der Waals surface area contributed by atoms with Gasteiger partial charge in [-0.15, -0.1) is 0 Å². The topological polar surface area (TPSA) is 71.2 Å². The Morgan fingerprint density at radius 3 is 2.79 bits per heavy atom. The van der Waals surface area contributed by atoms with Gasteiger partial charge in [-0.05, 0) is 49.3 Å². The lowest BCUT2D eigenvalue weighted by molar-refractivity contribution is 0.224. The van der Waals surface area contributed by atoms with Gasteiger partial charge < -0.3 is 10.2 Å². The molecule has 3 aromatic rings. The van der Waals surface area contributed by atoms with Gasteiger partial charge in [-0.25, -0.2) is 15.0 Å². The Labute approximate surface area is 169 Å². The van der Waals surface area contributed by atoms with E-state index in [1.54, 1.807) is 0 Å². The summed E-state index contributed by atoms with van der Waals surface area (Å²) < 4.78 is 2.12. The van der Waals surface area contributed by atoms with Crippen molar-refractivity contribution in [3.63, 3.8) is 0 Å². The molecule has 3 aromatic heterocycles. The predicted octanol–water partition coefficient (Wildman–Crippen LogP) is 2.85. The molecule has 1 fully saturated rings. The molecular weight excluding hydrogens is 370 g/mol. The average molecular weight is 394 g/mol. The highest BCUT2D eigenvalue weighted by atomic mass is 32.1. The van der Waals surface area contributed by atoms with Crippen LogP contribution in [0.4, 0.5) is 5.95 Å². The summed E-state index contributed by atoms with van der Waals surface area (Å²) in [5.41, 5.74) is 2.77. The lowest BCUT2D eigenvalue weighted by Gasteiger charge is -2.32. The van der Waals surface area contributed by atoms with Crippen molar-refractivity contribution in [2.45, 2.75) is 25.4 Å². The third kappa shape index (κ3) is 4.42. The molecule has 0 spiro atoms. The molecule has 0 saturated carbocycles. The zero-order valence-electron chi connectivity index (χ0n) is 15.7. The molecule has 0 amide bonds. The number of nitrogens with zero attached hydrogens (tertiary/aromatic N) is 6. The second-order valence-electron chi connectivity index (χ2n) is 6.92. The summed E-state index contributed by atoms with van der Waals surface area (Å²) >= 11 is 4.63. The maximum atomic E-state index is 4.80. The van der Waals surface area contributed by atoms with Crippen molar-refractivity contribution in [3.8, 4) is 0 Å². The predicted molar refractivity (Wildman–Crippen MR) is 114 cm³/mol. The van der Waals surface area contributed by atoms with E-state index in [1.165, 1.54) is 0 Å². The quantitative estimate of drug-likeness (QED) is 0.492. The van der Waals surface area contributed by atoms with Gasteiger partial charge in [0.05, 0.1) is 23.9 Å². The van der Waals surface area contributed by atoms with E-state index in [2.05, 4.69) is 47.1 Å². The zero-order valence-corrected chi connectivity index (χ0v) is 16.5. The first kappa shape index (κ1) is 18.7. The minimum absolute atomic E-state index is 0.393. The first-order valence-electron chi connectivity index (χ1n) is 9.57. The number of rotatable bonds is 7. The SMILES string of the molecule is S=C=NCCN1CCC(Nc2nc3cccnc3n2Cc2ccccn2)CC1. The van der Waals surface area contributed by atoms with E-state index < -0.39 is 0 Å². The van der Waals surface area contributed by atoms with Crippen LogP contribution in [0.1, 0.15) is 18.5 Å². The molecule has 4 heterocycles. The lowest BCUT2D eigenvalue weighted by Crippen LogP contribution is -2.40. The van der Waals surface area contributed by atoms with E-state index in [0.717, 1.165) is 61.8 Å². The monoisotopic (exact) mass is 393 g/mol. The van der Waals surface area contributed by atoms with Crippen molar-refractivity contribution in [1.82, 2.24) is 24.4 Å². The molecule has 0 radical (unpaired) electrons. The van der Waals surface area contributed by atoms with Crippen LogP contribution >= 0.6 is 12.2 Å². The number of isothiocyanates is 1. The fourth-order valence-electron chi connectivity index (χ4n) is 3.59. The smallest absolute Gasteiger partial charge is 0.205 e. The molecule has 144 valence electrons. The average Bonchev–Trinajstić information content (AvgIpc) is 3.07. The molecule has 0 aromatic carbocycles. The number of fused-ring (bicyclic) bond motifs is 1. The fourth-order valence-corrected chi connectivity index (χ4v) is 3.68. The van der Waals surface area contributed by atoms with Crippen LogP contribution in [0.5, 0.6) is 0 Å². The van der Waals surface area contributed by atoms with Gasteiger partial charge >= 0.3 is 0 Å². The van der Waals surface area contributed by atoms with Gasteiger partial charge in [0, 0.05) is 38.1 Å². The molecule has 4 rings (SSSR count). The summed E-state index contributed by atoms with van der Waals surface area (Å²) in [6, 6.07) is 10.3. The molecule has 1 saturated heterocycles. The van der Waals surface area contributed by atoms with Crippen molar-refractivity contribution < 1.29 is 0 Å². The van der Waals surface area contributed by atoms with Crippen LogP contribution in [0.3, 0.4) is 0 Å². The normalized spacial score (nSPS) is 15.4. The van der Waals surface area contributed by atoms with E-state index in [0.29, 0.717) is 12.6 Å². The molecule has 1 N–H and O–H groups in total. The van der Waals surface area contributed by atoms with Crippen LogP contribution < -0.4 is 5.32 Å². The first-order chi connectivity index (χ1) is 13.8. The summed E-state index contributed by atoms with van der Waals surface area (Å²) in [6.45, 7) is 4.41. The standard InChI is InChI=1S/C20H23N7S/c28-15-21-10-13-26-11-6-16(7-12-26)24-20-25-18-5-3-9-23-19(18)27(20)14-17-4-1-2-8-22-17/h1-5,8-9,16H,6-7,10-14H2,(H,24,25). The number of anilines is 1. The third-order valence-electron chi connectivity index (χ3n) is 5.06. The maximum Gasteiger partial charge on any atom is 0.205 e. The van der Waals surface area contributed by atoms with Crippen molar-refractivity contribution >= 4 is 34.5 Å². The molecule has 7 nitrogen and oxygen atoms in total. The van der Waals surface area contributed by atoms with Crippen molar-refractivity contribution in [1.29, 1.82) is 0 Å². The van der Waals surface area contributed by atoms with Crippen molar-refractivity contribution in [2.75, 3.05) is 31.5 Å². The van der Waals surface area contributed by atoms with E-state index in [1.807, 2.05) is 42.7 Å². The number of hydrogen-bond donors (Lipinski definition) is 1. The maximum absolute atomic E-state index is 4.80. The van der Waals surface area contributed by atoms with Gasteiger partial charge in [-0.2, -0.15) is 0 Å². The van der Waals surface area contributed by atoms with Crippen LogP contribution in [-0.2, 0) is 6.54 Å². The van der Waals surface area contributed by atoms with E-state index in [4.69, 9.17) is 4.98 Å². The van der Waals surface area contributed by atoms with Gasteiger partial charge in [0.25, 0.3) is 0 Å². The van der Waals surface area contributed by atoms with Gasteiger partial charge in [0.2, 0.25) is 5.95 Å². The third-order valence-corrected chi connectivity index (χ3v) is 5.19. The molecule has 0 bridgehead atoms. The molecule has 0 unspecified atom stereocenters. The van der Waals surface area contributed by atoms with Gasteiger partial charge in [-0.1, -0.05) is 6.07 Å². The second kappa shape index (κ2) is 9.01. The van der Waals surface area contributed by atoms with Crippen molar-refractivity contribution in [3.05, 3.63) is 48.4 Å². The number of aromatic nitrogens is 4. The minimum Gasteiger partial charge on any atom is -0.353 e. The van der Waals surface area contributed by atoms with Crippen LogP contribution in [-0.4, -0.2) is 61.8 Å². The van der Waals surface area contributed by atoms with E-state index in [9.17, 15) is 0 Å². The van der Waals surface area contributed by atoms with Crippen LogP contribution in [0.15, 0.2) is 47.7 Å². The second-order valence-corrected chi connectivity index (χ2v) is 7.10. The largest absolute Gasteiger partial charge is 0.353 e. The molecule has 1 aliphatic heterocycles. The molecule has 28 heavy (non-hydrogen) atoms. The van der Waals surface area contributed by atoms with E-state index >= 15 is 0 Å². The highest BCUT2D eigenvalue weighted by Gasteiger charge is 2.21. The van der Waals surface area contributed by atoms with Crippen LogP contribution in [0.25, 0.3) is 11.2 Å². The summed E-state index contributed by atoms with van der Waals surface area (Å²) in [5.74, 6) is 0.864. The molecule has 0 atom stereocenters. The van der Waals surface area contributed by atoms with Crippen molar-refractivity contribution in [2.24, 2.45) is 4.99 Å². The Bertz CT molecular complexity index is 957. The number of aliphatic imine (C=N–C) groups is 1. The summed E-state index contributed by atoms with van der Waals surface area (Å²) in [6.07, 6.45) is 5.77. The lowest BCUT2D eigenvalue weighted by atomic mass is 10.1. The van der Waals surface area contributed by atoms with Gasteiger partial charge in [-0.3, -0.25) is 9.55 Å². The fraction of sp³-hybridized carbons (Fsp3) is 0.400. The number of pyridine rings is 2. The molecule has 8 heteroatoms. The Hall–Kier alpha value is -2.67. The Kier molecular flexibility index (Phi) is 6.01. The zero-order chi connectivity index (χ0) is 19.2.